The number of hydrogen-bond acceptors (Lipinski definition) is 2. The minimum Gasteiger partial charge on any atom is -0.870 e. The van der Waals surface area contributed by atoms with Gasteiger partial charge in [-0.15, -0.1) is 0 Å². The van der Waals surface area contributed by atoms with Gasteiger partial charge in [-0.1, -0.05) is 13.8 Å². The first-order valence-electron chi connectivity index (χ1n) is 3.68. The molecule has 0 unspecified atom stereocenters. The molecule has 70 valence electrons. The van der Waals surface area contributed by atoms with Crippen molar-refractivity contribution >= 4 is 0 Å². The predicted molar refractivity (Wildman–Crippen MR) is 45.7 cm³/mol. The van der Waals surface area contributed by atoms with Crippen molar-refractivity contribution in [1.29, 1.82) is 0 Å². The summed E-state index contributed by atoms with van der Waals surface area (Å²) in [5, 5.41) is 8.95. The molecule has 0 spiro atoms. The lowest BCUT2D eigenvalue weighted by Gasteiger charge is -2.32. The van der Waals surface area contributed by atoms with E-state index in [-0.39, 0.29) is 17.5 Å². The fourth-order valence-corrected chi connectivity index (χ4v) is 1.33. The van der Waals surface area contributed by atoms with Crippen LogP contribution in [-0.4, -0.2) is 49.4 Å². The zero-order valence-corrected chi connectivity index (χ0v) is 8.26. The molecule has 0 heterocycles. The Morgan fingerprint density at radius 1 is 1.18 bits per heavy atom. The van der Waals surface area contributed by atoms with Crippen LogP contribution in [0.3, 0.4) is 0 Å². The molecule has 0 radical (unpaired) electrons. The zero-order chi connectivity index (χ0) is 8.41. The van der Waals surface area contributed by atoms with Crippen molar-refractivity contribution in [3.05, 3.63) is 0 Å². The summed E-state index contributed by atoms with van der Waals surface area (Å²) in [5.74, 6) is 0. The zero-order valence-electron chi connectivity index (χ0n) is 8.26. The van der Waals surface area contributed by atoms with Crippen molar-refractivity contribution in [2.24, 2.45) is 5.41 Å². The summed E-state index contributed by atoms with van der Waals surface area (Å²) in [6.45, 7) is 5.43. The minimum absolute atomic E-state index is 0. The SMILES string of the molecule is CC(C)(CO)C[N+](C)(C)C.[OH-]. The van der Waals surface area contributed by atoms with Gasteiger partial charge in [-0.3, -0.25) is 0 Å². The van der Waals surface area contributed by atoms with Gasteiger partial charge in [0, 0.05) is 5.41 Å². The first-order chi connectivity index (χ1) is 4.27. The molecule has 0 saturated heterocycles. The Kier molecular flexibility index (Phi) is 4.95. The molecule has 0 rings (SSSR count). The Bertz CT molecular complexity index is 105. The van der Waals surface area contributed by atoms with E-state index in [4.69, 9.17) is 5.11 Å². The minimum atomic E-state index is 0. The molecule has 3 heteroatoms. The number of nitrogens with zero attached hydrogens (tertiary/aromatic N) is 1. The van der Waals surface area contributed by atoms with Gasteiger partial charge in [-0.25, -0.2) is 0 Å². The van der Waals surface area contributed by atoms with E-state index in [0.717, 1.165) is 11.0 Å². The van der Waals surface area contributed by atoms with E-state index in [1.165, 1.54) is 0 Å². The highest BCUT2D eigenvalue weighted by Gasteiger charge is 2.24. The lowest BCUT2D eigenvalue weighted by atomic mass is 9.94. The number of aliphatic hydroxyl groups excluding tert-OH is 1. The second kappa shape index (κ2) is 4.04. The topological polar surface area (TPSA) is 50.2 Å². The maximum absolute atomic E-state index is 8.95. The normalized spacial score (nSPS) is 12.5. The highest BCUT2D eigenvalue weighted by Crippen LogP contribution is 2.16. The molecular weight excluding hydrogens is 142 g/mol. The number of hydrogen-bond donors (Lipinski definition) is 1. The summed E-state index contributed by atoms with van der Waals surface area (Å²) >= 11 is 0. The van der Waals surface area contributed by atoms with Crippen LogP contribution in [-0.2, 0) is 0 Å². The van der Waals surface area contributed by atoms with E-state index in [9.17, 15) is 0 Å². The van der Waals surface area contributed by atoms with E-state index < -0.39 is 0 Å². The Labute approximate surface area is 69.5 Å². The Morgan fingerprint density at radius 3 is 1.64 bits per heavy atom. The van der Waals surface area contributed by atoms with Crippen LogP contribution >= 0.6 is 0 Å². The Hall–Kier alpha value is -0.120. The first-order valence-corrected chi connectivity index (χ1v) is 3.68. The van der Waals surface area contributed by atoms with Crippen LogP contribution in [0.5, 0.6) is 0 Å². The first kappa shape index (κ1) is 13.5. The van der Waals surface area contributed by atoms with Gasteiger partial charge in [0.05, 0.1) is 34.3 Å². The molecule has 0 saturated carbocycles. The molecule has 2 N–H and O–H groups in total. The van der Waals surface area contributed by atoms with Crippen molar-refractivity contribution < 1.29 is 15.1 Å². The van der Waals surface area contributed by atoms with E-state index in [2.05, 4.69) is 35.0 Å². The number of aliphatic hydroxyl groups is 1. The smallest absolute Gasteiger partial charge is 0.0854 e. The van der Waals surface area contributed by atoms with E-state index in [1.807, 2.05) is 0 Å². The molecule has 0 aliphatic heterocycles. The maximum atomic E-state index is 8.95. The number of quaternary nitrogens is 1. The highest BCUT2D eigenvalue weighted by molar-refractivity contribution is 4.64. The summed E-state index contributed by atoms with van der Waals surface area (Å²) in [5.41, 5.74) is 0.0538. The molecule has 0 amide bonds. The van der Waals surface area contributed by atoms with Crippen LogP contribution in [0, 0.1) is 5.41 Å². The van der Waals surface area contributed by atoms with Crippen LogP contribution in [0.15, 0.2) is 0 Å². The third kappa shape index (κ3) is 7.78. The van der Waals surface area contributed by atoms with E-state index in [0.29, 0.717) is 0 Å². The van der Waals surface area contributed by atoms with Crippen LogP contribution < -0.4 is 0 Å². The van der Waals surface area contributed by atoms with Crippen LogP contribution in [0.4, 0.5) is 0 Å². The van der Waals surface area contributed by atoms with Gasteiger partial charge in [0.1, 0.15) is 0 Å². The van der Waals surface area contributed by atoms with Crippen LogP contribution in [0.25, 0.3) is 0 Å². The summed E-state index contributed by atoms with van der Waals surface area (Å²) in [6, 6.07) is 0. The second-order valence-corrected chi connectivity index (χ2v) is 4.77. The molecule has 0 bridgehead atoms. The van der Waals surface area contributed by atoms with Gasteiger partial charge in [0.25, 0.3) is 0 Å². The van der Waals surface area contributed by atoms with Gasteiger partial charge >= 0.3 is 0 Å². The van der Waals surface area contributed by atoms with Crippen molar-refractivity contribution in [2.45, 2.75) is 13.8 Å². The molecule has 0 aliphatic rings. The average Bonchev–Trinajstić information content (AvgIpc) is 1.60. The van der Waals surface area contributed by atoms with Crippen molar-refractivity contribution in [1.82, 2.24) is 0 Å². The fraction of sp³-hybridized carbons (Fsp3) is 1.00. The predicted octanol–water partition coefficient (Wildman–Crippen LogP) is 0.534. The lowest BCUT2D eigenvalue weighted by molar-refractivity contribution is -0.877. The van der Waals surface area contributed by atoms with Crippen molar-refractivity contribution in [3.8, 4) is 0 Å². The molecule has 0 fully saturated rings. The largest absolute Gasteiger partial charge is 0.870 e. The standard InChI is InChI=1S/C8H20NO.H2O/c1-8(2,7-10)6-9(3,4)5;/h10H,6-7H2,1-5H3;1H2/q+1;/p-1. The molecule has 0 aromatic heterocycles. The highest BCUT2D eigenvalue weighted by atomic mass is 16.3. The molecule has 0 aliphatic carbocycles. The summed E-state index contributed by atoms with van der Waals surface area (Å²) < 4.78 is 0.910. The summed E-state index contributed by atoms with van der Waals surface area (Å²) in [6.07, 6.45) is 0. The third-order valence-electron chi connectivity index (χ3n) is 1.33. The molecule has 3 nitrogen and oxygen atoms in total. The quantitative estimate of drug-likeness (QED) is 0.617. The molecule has 0 atom stereocenters. The van der Waals surface area contributed by atoms with Gasteiger partial charge < -0.3 is 15.1 Å². The maximum Gasteiger partial charge on any atom is 0.0854 e. The molecule has 0 aromatic rings. The molecule has 0 aromatic carbocycles. The molecule has 11 heavy (non-hydrogen) atoms. The van der Waals surface area contributed by atoms with Gasteiger partial charge in [0.15, 0.2) is 0 Å². The second-order valence-electron chi connectivity index (χ2n) is 4.77. The van der Waals surface area contributed by atoms with Gasteiger partial charge in [0.2, 0.25) is 0 Å². The average molecular weight is 163 g/mol. The van der Waals surface area contributed by atoms with Crippen molar-refractivity contribution in [2.75, 3.05) is 34.3 Å². The molecular formula is C8H21NO2. The van der Waals surface area contributed by atoms with Crippen LogP contribution in [0.2, 0.25) is 0 Å². The van der Waals surface area contributed by atoms with Crippen LogP contribution in [0.1, 0.15) is 13.8 Å². The third-order valence-corrected chi connectivity index (χ3v) is 1.33. The monoisotopic (exact) mass is 163 g/mol. The van der Waals surface area contributed by atoms with E-state index in [1.54, 1.807) is 0 Å². The van der Waals surface area contributed by atoms with Gasteiger partial charge in [-0.05, 0) is 0 Å². The Balaban J connectivity index is 0. The van der Waals surface area contributed by atoms with Crippen molar-refractivity contribution in [3.63, 3.8) is 0 Å². The lowest BCUT2D eigenvalue weighted by Crippen LogP contribution is -2.44. The Morgan fingerprint density at radius 2 is 1.55 bits per heavy atom. The summed E-state index contributed by atoms with van der Waals surface area (Å²) in [7, 11) is 6.41. The summed E-state index contributed by atoms with van der Waals surface area (Å²) in [4.78, 5) is 0. The fourth-order valence-electron chi connectivity index (χ4n) is 1.33. The number of rotatable bonds is 3. The van der Waals surface area contributed by atoms with Gasteiger partial charge in [-0.2, -0.15) is 0 Å². The van der Waals surface area contributed by atoms with E-state index >= 15 is 0 Å².